The van der Waals surface area contributed by atoms with E-state index in [1.54, 1.807) is 39.5 Å². The molecule has 2 N–H and O–H groups in total. The van der Waals surface area contributed by atoms with Gasteiger partial charge in [0, 0.05) is 23.2 Å². The van der Waals surface area contributed by atoms with E-state index in [2.05, 4.69) is 33.5 Å². The van der Waals surface area contributed by atoms with Gasteiger partial charge in [0.05, 0.1) is 33.6 Å². The van der Waals surface area contributed by atoms with Gasteiger partial charge in [0.25, 0.3) is 0 Å². The molecule has 0 spiro atoms. The van der Waals surface area contributed by atoms with E-state index in [1.165, 1.54) is 10.9 Å². The molecule has 1 amide bonds. The third-order valence-electron chi connectivity index (χ3n) is 6.00. The van der Waals surface area contributed by atoms with Crippen LogP contribution in [-0.2, 0) is 4.79 Å². The van der Waals surface area contributed by atoms with Crippen LogP contribution in [0.5, 0.6) is 17.2 Å². The Morgan fingerprint density at radius 1 is 1.03 bits per heavy atom. The number of carbonyl (C=O) groups excluding carboxylic acids is 1. The molecule has 3 aromatic rings. The average molecular weight is 424 g/mol. The summed E-state index contributed by atoms with van der Waals surface area (Å²) >= 11 is 0. The van der Waals surface area contributed by atoms with E-state index in [1.807, 2.05) is 6.07 Å². The molecule has 1 saturated heterocycles. The standard InChI is InChI=1S/C24H29N3O4/c1-29-17-4-6-21-19(12-17)20(14-25-21)16-8-10-27(11-9-16)15-24(28)26-22-13-18(30-2)5-7-23(22)31-3/h4-7,12-14,16,25H,8-11,15H2,1-3H3,(H,26,28). The monoisotopic (exact) mass is 423 g/mol. The van der Waals surface area contributed by atoms with E-state index in [0.717, 1.165) is 37.2 Å². The Morgan fingerprint density at radius 3 is 2.45 bits per heavy atom. The largest absolute Gasteiger partial charge is 0.497 e. The molecular weight excluding hydrogens is 394 g/mol. The topological polar surface area (TPSA) is 75.8 Å². The summed E-state index contributed by atoms with van der Waals surface area (Å²) in [5.41, 5.74) is 3.08. The normalized spacial score (nSPS) is 15.1. The summed E-state index contributed by atoms with van der Waals surface area (Å²) in [6.45, 7) is 2.11. The van der Waals surface area contributed by atoms with E-state index >= 15 is 0 Å². The summed E-state index contributed by atoms with van der Waals surface area (Å²) < 4.78 is 16.0. The number of piperidine rings is 1. The number of rotatable bonds is 7. The van der Waals surface area contributed by atoms with Crippen LogP contribution in [0.4, 0.5) is 5.69 Å². The fourth-order valence-electron chi connectivity index (χ4n) is 4.29. The highest BCUT2D eigenvalue weighted by atomic mass is 16.5. The van der Waals surface area contributed by atoms with Crippen LogP contribution in [0.1, 0.15) is 24.3 Å². The Hall–Kier alpha value is -3.19. The summed E-state index contributed by atoms with van der Waals surface area (Å²) in [5, 5.41) is 4.18. The number of amides is 1. The highest BCUT2D eigenvalue weighted by Gasteiger charge is 2.24. The van der Waals surface area contributed by atoms with Gasteiger partial charge in [0.1, 0.15) is 17.2 Å². The van der Waals surface area contributed by atoms with Crippen molar-refractivity contribution in [1.29, 1.82) is 0 Å². The van der Waals surface area contributed by atoms with Gasteiger partial charge in [-0.25, -0.2) is 0 Å². The molecular formula is C24H29N3O4. The lowest BCUT2D eigenvalue weighted by Gasteiger charge is -2.31. The van der Waals surface area contributed by atoms with Gasteiger partial charge in [0.2, 0.25) is 5.91 Å². The fraction of sp³-hybridized carbons (Fsp3) is 0.375. The first-order chi connectivity index (χ1) is 15.1. The Bertz CT molecular complexity index is 1050. The van der Waals surface area contributed by atoms with Crippen LogP contribution < -0.4 is 19.5 Å². The fourth-order valence-corrected chi connectivity index (χ4v) is 4.29. The highest BCUT2D eigenvalue weighted by Crippen LogP contribution is 2.35. The van der Waals surface area contributed by atoms with E-state index in [-0.39, 0.29) is 5.91 Å². The van der Waals surface area contributed by atoms with E-state index in [4.69, 9.17) is 14.2 Å². The van der Waals surface area contributed by atoms with Crippen LogP contribution in [-0.4, -0.2) is 56.8 Å². The molecule has 1 aliphatic heterocycles. The minimum absolute atomic E-state index is 0.0539. The summed E-state index contributed by atoms with van der Waals surface area (Å²) in [4.78, 5) is 18.2. The third-order valence-corrected chi connectivity index (χ3v) is 6.00. The molecule has 7 heteroatoms. The van der Waals surface area contributed by atoms with Crippen LogP contribution in [0.3, 0.4) is 0 Å². The quantitative estimate of drug-likeness (QED) is 0.601. The Morgan fingerprint density at radius 2 is 1.74 bits per heavy atom. The first-order valence-corrected chi connectivity index (χ1v) is 10.5. The first-order valence-electron chi connectivity index (χ1n) is 10.5. The van der Waals surface area contributed by atoms with Crippen LogP contribution in [0.15, 0.2) is 42.6 Å². The summed E-state index contributed by atoms with van der Waals surface area (Å²) in [7, 11) is 4.88. The number of fused-ring (bicyclic) bond motifs is 1. The number of aromatic amines is 1. The molecule has 4 rings (SSSR count). The Labute approximate surface area is 182 Å². The molecule has 1 aliphatic rings. The Balaban J connectivity index is 1.36. The number of benzene rings is 2. The maximum atomic E-state index is 12.6. The molecule has 0 atom stereocenters. The van der Waals surface area contributed by atoms with Crippen molar-refractivity contribution >= 4 is 22.5 Å². The van der Waals surface area contributed by atoms with Gasteiger partial charge in [-0.2, -0.15) is 0 Å². The number of ether oxygens (including phenoxy) is 3. The lowest BCUT2D eigenvalue weighted by Crippen LogP contribution is -2.38. The number of aromatic nitrogens is 1. The zero-order chi connectivity index (χ0) is 21.8. The van der Waals surface area contributed by atoms with Gasteiger partial charge >= 0.3 is 0 Å². The van der Waals surface area contributed by atoms with Gasteiger partial charge in [-0.3, -0.25) is 9.69 Å². The molecule has 2 heterocycles. The van der Waals surface area contributed by atoms with E-state index < -0.39 is 0 Å². The van der Waals surface area contributed by atoms with E-state index in [9.17, 15) is 4.79 Å². The SMILES string of the molecule is COc1ccc(OC)c(NC(=O)CN2CCC(c3c[nH]c4ccc(OC)cc34)CC2)c1. The minimum Gasteiger partial charge on any atom is -0.497 e. The number of methoxy groups -OCH3 is 3. The predicted octanol–water partition coefficient (Wildman–Crippen LogP) is 4.01. The molecule has 0 radical (unpaired) electrons. The number of nitrogens with zero attached hydrogens (tertiary/aromatic N) is 1. The molecule has 31 heavy (non-hydrogen) atoms. The number of nitrogens with one attached hydrogen (secondary N) is 2. The van der Waals surface area contributed by atoms with Crippen molar-refractivity contribution in [3.8, 4) is 17.2 Å². The minimum atomic E-state index is -0.0539. The van der Waals surface area contributed by atoms with Gasteiger partial charge in [-0.1, -0.05) is 0 Å². The molecule has 0 aliphatic carbocycles. The maximum absolute atomic E-state index is 12.6. The Kier molecular flexibility index (Phi) is 6.32. The van der Waals surface area contributed by atoms with Gasteiger partial charge in [-0.05, 0) is 67.7 Å². The second kappa shape index (κ2) is 9.31. The van der Waals surface area contributed by atoms with Crippen molar-refractivity contribution in [3.05, 3.63) is 48.2 Å². The van der Waals surface area contributed by atoms with Gasteiger partial charge in [-0.15, -0.1) is 0 Å². The van der Waals surface area contributed by atoms with Crippen LogP contribution in [0.2, 0.25) is 0 Å². The van der Waals surface area contributed by atoms with Crippen LogP contribution in [0.25, 0.3) is 10.9 Å². The van der Waals surface area contributed by atoms with Crippen molar-refractivity contribution in [2.24, 2.45) is 0 Å². The zero-order valence-electron chi connectivity index (χ0n) is 18.2. The number of carbonyl (C=O) groups is 1. The lowest BCUT2D eigenvalue weighted by molar-refractivity contribution is -0.117. The highest BCUT2D eigenvalue weighted by molar-refractivity contribution is 5.94. The molecule has 1 aromatic heterocycles. The number of hydrogen-bond acceptors (Lipinski definition) is 5. The number of H-pyrrole nitrogens is 1. The summed E-state index contributed by atoms with van der Waals surface area (Å²) in [5.74, 6) is 2.57. The lowest BCUT2D eigenvalue weighted by atomic mass is 9.89. The van der Waals surface area contributed by atoms with Crippen molar-refractivity contribution < 1.29 is 19.0 Å². The molecule has 0 saturated carbocycles. The number of likely N-dealkylation sites (tertiary alicyclic amines) is 1. The second-order valence-electron chi connectivity index (χ2n) is 7.82. The number of hydrogen-bond donors (Lipinski definition) is 2. The molecule has 7 nitrogen and oxygen atoms in total. The zero-order valence-corrected chi connectivity index (χ0v) is 18.2. The summed E-state index contributed by atoms with van der Waals surface area (Å²) in [6, 6.07) is 11.5. The second-order valence-corrected chi connectivity index (χ2v) is 7.82. The predicted molar refractivity (Wildman–Crippen MR) is 121 cm³/mol. The molecule has 0 unspecified atom stereocenters. The first kappa shape index (κ1) is 21.1. The molecule has 2 aromatic carbocycles. The van der Waals surface area contributed by atoms with Gasteiger partial charge in [0.15, 0.2) is 0 Å². The van der Waals surface area contributed by atoms with Crippen molar-refractivity contribution in [2.75, 3.05) is 46.3 Å². The van der Waals surface area contributed by atoms with Crippen molar-refractivity contribution in [2.45, 2.75) is 18.8 Å². The van der Waals surface area contributed by atoms with Crippen molar-refractivity contribution in [1.82, 2.24) is 9.88 Å². The van der Waals surface area contributed by atoms with Crippen molar-refractivity contribution in [3.63, 3.8) is 0 Å². The van der Waals surface area contributed by atoms with E-state index in [0.29, 0.717) is 29.6 Å². The average Bonchev–Trinajstić information content (AvgIpc) is 3.22. The molecule has 164 valence electrons. The molecule has 1 fully saturated rings. The number of anilines is 1. The van der Waals surface area contributed by atoms with Gasteiger partial charge < -0.3 is 24.5 Å². The van der Waals surface area contributed by atoms with Crippen LogP contribution >= 0.6 is 0 Å². The smallest absolute Gasteiger partial charge is 0.238 e. The molecule has 0 bridgehead atoms. The van der Waals surface area contributed by atoms with Crippen LogP contribution in [0, 0.1) is 0 Å². The third kappa shape index (κ3) is 4.61. The summed E-state index contributed by atoms with van der Waals surface area (Å²) in [6.07, 6.45) is 4.14. The maximum Gasteiger partial charge on any atom is 0.238 e.